The molecule has 1 rings (SSSR count). The van der Waals surface area contributed by atoms with Crippen LogP contribution in [0.3, 0.4) is 0 Å². The summed E-state index contributed by atoms with van der Waals surface area (Å²) in [7, 11) is 0. The van der Waals surface area contributed by atoms with Crippen LogP contribution in [-0.4, -0.2) is 50.3 Å². The minimum absolute atomic E-state index is 0.534. The van der Waals surface area contributed by atoms with Crippen LogP contribution in [0.15, 0.2) is 0 Å². The Morgan fingerprint density at radius 2 is 1.78 bits per heavy atom. The molecular formula is C15H32N2O. The molecule has 3 nitrogen and oxygen atoms in total. The van der Waals surface area contributed by atoms with E-state index in [1.165, 1.54) is 64.7 Å². The summed E-state index contributed by atoms with van der Waals surface area (Å²) in [6.07, 6.45) is 8.46. The van der Waals surface area contributed by atoms with Crippen molar-refractivity contribution in [1.82, 2.24) is 10.2 Å². The number of nitrogens with zero attached hydrogens (tertiary/aromatic N) is 1. The predicted octanol–water partition coefficient (Wildman–Crippen LogP) is 2.66. The summed E-state index contributed by atoms with van der Waals surface area (Å²) >= 11 is 0. The molecule has 0 aromatic carbocycles. The Bertz CT molecular complexity index is 179. The van der Waals surface area contributed by atoms with Crippen LogP contribution in [0.4, 0.5) is 0 Å². The topological polar surface area (TPSA) is 24.5 Å². The highest BCUT2D eigenvalue weighted by Gasteiger charge is 2.18. The van der Waals surface area contributed by atoms with Crippen molar-refractivity contribution in [2.75, 3.05) is 39.3 Å². The lowest BCUT2D eigenvalue weighted by Crippen LogP contribution is -2.37. The van der Waals surface area contributed by atoms with Crippen molar-refractivity contribution in [3.8, 4) is 0 Å². The molecule has 0 atom stereocenters. The molecule has 108 valence electrons. The summed E-state index contributed by atoms with van der Waals surface area (Å²) in [4.78, 5) is 2.61. The van der Waals surface area contributed by atoms with Crippen LogP contribution in [0.25, 0.3) is 0 Å². The smallest absolute Gasteiger partial charge is 0.0599 e. The third-order valence-corrected chi connectivity index (χ3v) is 3.76. The van der Waals surface area contributed by atoms with Gasteiger partial charge in [-0.15, -0.1) is 0 Å². The van der Waals surface area contributed by atoms with Crippen LogP contribution in [-0.2, 0) is 4.74 Å². The van der Waals surface area contributed by atoms with Gasteiger partial charge in [0.2, 0.25) is 0 Å². The fourth-order valence-corrected chi connectivity index (χ4v) is 2.65. The maximum Gasteiger partial charge on any atom is 0.0599 e. The van der Waals surface area contributed by atoms with Crippen molar-refractivity contribution in [2.24, 2.45) is 0 Å². The van der Waals surface area contributed by atoms with Crippen LogP contribution in [0, 0.1) is 0 Å². The molecule has 0 saturated carbocycles. The normalized spacial score (nSPS) is 18.3. The highest BCUT2D eigenvalue weighted by molar-refractivity contribution is 4.72. The molecule has 3 heteroatoms. The van der Waals surface area contributed by atoms with E-state index in [0.29, 0.717) is 6.10 Å². The van der Waals surface area contributed by atoms with E-state index in [2.05, 4.69) is 24.1 Å². The van der Waals surface area contributed by atoms with E-state index < -0.39 is 0 Å². The van der Waals surface area contributed by atoms with Gasteiger partial charge in [-0.2, -0.15) is 0 Å². The van der Waals surface area contributed by atoms with Gasteiger partial charge in [-0.3, -0.25) is 0 Å². The van der Waals surface area contributed by atoms with Gasteiger partial charge in [-0.05, 0) is 52.2 Å². The molecule has 0 bridgehead atoms. The Kier molecular flexibility index (Phi) is 9.54. The van der Waals surface area contributed by atoms with E-state index in [1.54, 1.807) is 0 Å². The van der Waals surface area contributed by atoms with Crippen molar-refractivity contribution in [3.63, 3.8) is 0 Å². The summed E-state index contributed by atoms with van der Waals surface area (Å²) in [5.41, 5.74) is 0. The first-order valence-corrected chi connectivity index (χ1v) is 7.91. The number of unbranched alkanes of at least 4 members (excludes halogenated alkanes) is 3. The molecule has 18 heavy (non-hydrogen) atoms. The summed E-state index contributed by atoms with van der Waals surface area (Å²) in [5.74, 6) is 0. The van der Waals surface area contributed by atoms with Crippen LogP contribution in [0.2, 0.25) is 0 Å². The molecule has 1 saturated heterocycles. The van der Waals surface area contributed by atoms with Gasteiger partial charge in [-0.1, -0.05) is 19.8 Å². The van der Waals surface area contributed by atoms with Crippen molar-refractivity contribution in [2.45, 2.75) is 58.5 Å². The number of rotatable bonds is 10. The van der Waals surface area contributed by atoms with Gasteiger partial charge in [0.1, 0.15) is 0 Å². The van der Waals surface area contributed by atoms with Gasteiger partial charge < -0.3 is 15.0 Å². The largest absolute Gasteiger partial charge is 0.378 e. The Balaban J connectivity index is 1.88. The number of ether oxygens (including phenoxy) is 1. The lowest BCUT2D eigenvalue weighted by molar-refractivity contribution is 0.0140. The molecule has 1 aliphatic heterocycles. The molecule has 0 spiro atoms. The van der Waals surface area contributed by atoms with Crippen molar-refractivity contribution < 1.29 is 4.74 Å². The quantitative estimate of drug-likeness (QED) is 0.608. The molecule has 1 N–H and O–H groups in total. The van der Waals surface area contributed by atoms with Crippen LogP contribution in [0.5, 0.6) is 0 Å². The first kappa shape index (κ1) is 15.9. The van der Waals surface area contributed by atoms with Crippen molar-refractivity contribution >= 4 is 0 Å². The predicted molar refractivity (Wildman–Crippen MR) is 78.1 cm³/mol. The highest BCUT2D eigenvalue weighted by atomic mass is 16.5. The number of hydrogen-bond acceptors (Lipinski definition) is 3. The number of likely N-dealkylation sites (tertiary alicyclic amines) is 1. The van der Waals surface area contributed by atoms with Gasteiger partial charge in [0.25, 0.3) is 0 Å². The minimum Gasteiger partial charge on any atom is -0.378 e. The zero-order valence-electron chi connectivity index (χ0n) is 12.4. The standard InChI is InChI=1S/C15H32N2O/c1-3-16-11-7-5-6-8-12-17-13-9-15(10-14-17)18-4-2/h15-16H,3-14H2,1-2H3. The second-order valence-electron chi connectivity index (χ2n) is 5.26. The van der Waals surface area contributed by atoms with Gasteiger partial charge in [-0.25, -0.2) is 0 Å². The van der Waals surface area contributed by atoms with E-state index in [-0.39, 0.29) is 0 Å². The van der Waals surface area contributed by atoms with E-state index in [0.717, 1.165) is 13.2 Å². The molecule has 0 radical (unpaired) electrons. The second-order valence-corrected chi connectivity index (χ2v) is 5.26. The molecule has 1 fully saturated rings. The van der Waals surface area contributed by atoms with Gasteiger partial charge in [0, 0.05) is 19.7 Å². The first-order chi connectivity index (χ1) is 8.86. The molecular weight excluding hydrogens is 224 g/mol. The van der Waals surface area contributed by atoms with Crippen LogP contribution >= 0.6 is 0 Å². The highest BCUT2D eigenvalue weighted by Crippen LogP contribution is 2.14. The Labute approximate surface area is 113 Å². The Morgan fingerprint density at radius 3 is 2.44 bits per heavy atom. The van der Waals surface area contributed by atoms with Crippen LogP contribution < -0.4 is 5.32 Å². The van der Waals surface area contributed by atoms with E-state index >= 15 is 0 Å². The molecule has 0 amide bonds. The third-order valence-electron chi connectivity index (χ3n) is 3.76. The van der Waals surface area contributed by atoms with Crippen LogP contribution in [0.1, 0.15) is 52.4 Å². The minimum atomic E-state index is 0.534. The summed E-state index contributed by atoms with van der Waals surface area (Å²) in [6, 6.07) is 0. The first-order valence-electron chi connectivity index (χ1n) is 7.91. The maximum absolute atomic E-state index is 5.68. The molecule has 0 aromatic rings. The lowest BCUT2D eigenvalue weighted by atomic mass is 10.1. The molecule has 1 aliphatic rings. The average molecular weight is 256 g/mol. The summed E-state index contributed by atoms with van der Waals surface area (Å²) in [5, 5.41) is 3.38. The fraction of sp³-hybridized carbons (Fsp3) is 1.00. The second kappa shape index (κ2) is 10.8. The van der Waals surface area contributed by atoms with Gasteiger partial charge in [0.15, 0.2) is 0 Å². The van der Waals surface area contributed by atoms with Gasteiger partial charge in [0.05, 0.1) is 6.10 Å². The molecule has 1 heterocycles. The third kappa shape index (κ3) is 7.34. The lowest BCUT2D eigenvalue weighted by Gasteiger charge is -2.31. The summed E-state index contributed by atoms with van der Waals surface area (Å²) < 4.78 is 5.68. The number of nitrogens with one attached hydrogen (secondary N) is 1. The average Bonchev–Trinajstić information content (AvgIpc) is 2.40. The maximum atomic E-state index is 5.68. The summed E-state index contributed by atoms with van der Waals surface area (Å²) in [6.45, 7) is 11.2. The molecule has 0 aliphatic carbocycles. The van der Waals surface area contributed by atoms with Crippen molar-refractivity contribution in [1.29, 1.82) is 0 Å². The molecule has 0 aromatic heterocycles. The van der Waals surface area contributed by atoms with Gasteiger partial charge >= 0.3 is 0 Å². The Hall–Kier alpha value is -0.120. The molecule has 0 unspecified atom stereocenters. The van der Waals surface area contributed by atoms with E-state index in [4.69, 9.17) is 4.74 Å². The van der Waals surface area contributed by atoms with E-state index in [9.17, 15) is 0 Å². The van der Waals surface area contributed by atoms with Crippen molar-refractivity contribution in [3.05, 3.63) is 0 Å². The monoisotopic (exact) mass is 256 g/mol. The number of piperidine rings is 1. The Morgan fingerprint density at radius 1 is 1.06 bits per heavy atom. The van der Waals surface area contributed by atoms with E-state index in [1.807, 2.05) is 0 Å². The fourth-order valence-electron chi connectivity index (χ4n) is 2.65. The SMILES string of the molecule is CCNCCCCCCN1CCC(OCC)CC1. The number of hydrogen-bond donors (Lipinski definition) is 1. The zero-order valence-corrected chi connectivity index (χ0v) is 12.4. The zero-order chi connectivity index (χ0) is 13.1.